The van der Waals surface area contributed by atoms with Gasteiger partial charge in [0.25, 0.3) is 0 Å². The van der Waals surface area contributed by atoms with Crippen LogP contribution in [0.25, 0.3) is 0 Å². The molecule has 36 heavy (non-hydrogen) atoms. The molecule has 0 unspecified atom stereocenters. The molecule has 0 spiro atoms. The van der Waals surface area contributed by atoms with Crippen molar-refractivity contribution in [2.45, 2.75) is 58.8 Å². The van der Waals surface area contributed by atoms with Crippen molar-refractivity contribution in [3.8, 4) is 0 Å². The van der Waals surface area contributed by atoms with Crippen LogP contribution in [0.5, 0.6) is 0 Å². The van der Waals surface area contributed by atoms with Gasteiger partial charge in [-0.05, 0) is 0 Å². The van der Waals surface area contributed by atoms with Crippen LogP contribution < -0.4 is 29.6 Å². The summed E-state index contributed by atoms with van der Waals surface area (Å²) in [7, 11) is -8.34. The molecular weight excluding hydrogens is 623 g/mol. The Kier molecular flexibility index (Phi) is 9.39. The van der Waals surface area contributed by atoms with E-state index in [0.29, 0.717) is 0 Å². The molecule has 0 amide bonds. The van der Waals surface area contributed by atoms with Crippen LogP contribution in [0.2, 0.25) is 0 Å². The molecule has 0 N–H and O–H groups in total. The summed E-state index contributed by atoms with van der Waals surface area (Å²) in [6.45, 7) is 0. The third-order valence-corrected chi connectivity index (χ3v) is 4.68. The maximum atomic E-state index is 13.3. The molecular formula is C10F21NaO3S. The average molecular weight is 623 g/mol. The van der Waals surface area contributed by atoms with Crippen molar-refractivity contribution in [3.05, 3.63) is 0 Å². The van der Waals surface area contributed by atoms with E-state index < -0.39 is 68.9 Å². The summed E-state index contributed by atoms with van der Waals surface area (Å²) in [6.07, 6.45) is -8.09. The van der Waals surface area contributed by atoms with Gasteiger partial charge in [0.2, 0.25) is 0 Å². The summed E-state index contributed by atoms with van der Waals surface area (Å²) in [5.74, 6) is -72.8. The molecule has 0 aliphatic rings. The first-order valence-electron chi connectivity index (χ1n) is 6.92. The summed E-state index contributed by atoms with van der Waals surface area (Å²) in [6, 6.07) is 0. The van der Waals surface area contributed by atoms with Gasteiger partial charge in [-0.25, -0.2) is 8.42 Å². The van der Waals surface area contributed by atoms with Gasteiger partial charge in [-0.1, -0.05) is 0 Å². The van der Waals surface area contributed by atoms with Gasteiger partial charge in [-0.2, -0.15) is 92.2 Å². The van der Waals surface area contributed by atoms with E-state index in [4.69, 9.17) is 0 Å². The third-order valence-electron chi connectivity index (χ3n) is 3.80. The topological polar surface area (TPSA) is 57.2 Å². The van der Waals surface area contributed by atoms with Crippen molar-refractivity contribution in [1.29, 1.82) is 0 Å². The van der Waals surface area contributed by atoms with E-state index in [9.17, 15) is 105 Å². The summed E-state index contributed by atoms with van der Waals surface area (Å²) in [5, 5.41) is -8.17. The van der Waals surface area contributed by atoms with E-state index in [1.165, 1.54) is 0 Å². The summed E-state index contributed by atoms with van der Waals surface area (Å²) in [4.78, 5) is 0. The predicted molar refractivity (Wildman–Crippen MR) is 60.3 cm³/mol. The summed E-state index contributed by atoms with van der Waals surface area (Å²) in [5.41, 5.74) is 0. The van der Waals surface area contributed by atoms with Gasteiger partial charge in [-0.15, -0.1) is 0 Å². The molecule has 3 nitrogen and oxygen atoms in total. The fourth-order valence-electron chi connectivity index (χ4n) is 1.70. The second-order valence-electron chi connectivity index (χ2n) is 6.06. The minimum Gasteiger partial charge on any atom is -0.743 e. The molecule has 0 heterocycles. The fourth-order valence-corrected chi connectivity index (χ4v) is 2.14. The Bertz CT molecular complexity index is 919. The van der Waals surface area contributed by atoms with Crippen LogP contribution >= 0.6 is 0 Å². The number of hydrogen-bond donors (Lipinski definition) is 0. The molecule has 26 heteroatoms. The predicted octanol–water partition coefficient (Wildman–Crippen LogP) is 2.77. The Morgan fingerprint density at radius 2 is 0.528 bits per heavy atom. The molecule has 0 saturated carbocycles. The second kappa shape index (κ2) is 8.99. The Hall–Kier alpha value is -0.560. The van der Waals surface area contributed by atoms with Gasteiger partial charge in [-0.3, -0.25) is 0 Å². The minimum atomic E-state index is -9.40. The van der Waals surface area contributed by atoms with E-state index in [1.54, 1.807) is 0 Å². The van der Waals surface area contributed by atoms with Crippen LogP contribution in [0.3, 0.4) is 0 Å². The molecule has 0 aliphatic carbocycles. The van der Waals surface area contributed by atoms with E-state index >= 15 is 0 Å². The molecule has 0 aromatic heterocycles. The SMILES string of the molecule is O=S(=O)([O-])[13C](F)(F)C(F)(F)C(F)(F)C(F)(F)C(F)(F)C(F)(F)C(F)(F)C(F)(F)C(F)(F)C(F)(F)F.[Na+]. The maximum Gasteiger partial charge on any atom is 1.00 e. The Labute approximate surface area is 204 Å². The van der Waals surface area contributed by atoms with Gasteiger partial charge < -0.3 is 4.55 Å². The van der Waals surface area contributed by atoms with Crippen LogP contribution in [0.1, 0.15) is 0 Å². The van der Waals surface area contributed by atoms with Crippen molar-refractivity contribution >= 4 is 10.1 Å². The first-order chi connectivity index (χ1) is 14.5. The molecule has 0 fully saturated rings. The number of hydrogen-bond acceptors (Lipinski definition) is 3. The van der Waals surface area contributed by atoms with Gasteiger partial charge >= 0.3 is 88.4 Å². The molecule has 0 aliphatic heterocycles. The maximum absolute atomic E-state index is 13.3. The van der Waals surface area contributed by atoms with Crippen LogP contribution in [0, 0.1) is 0 Å². The molecule has 0 saturated heterocycles. The monoisotopic (exact) mass is 623 g/mol. The van der Waals surface area contributed by atoms with Crippen molar-refractivity contribution in [2.75, 3.05) is 0 Å². The summed E-state index contributed by atoms with van der Waals surface area (Å²) >= 11 is 0. The average Bonchev–Trinajstić information content (AvgIpc) is 2.58. The molecule has 0 radical (unpaired) electrons. The Balaban J connectivity index is 0. The third kappa shape index (κ3) is 4.40. The molecule has 0 bridgehead atoms. The van der Waals surface area contributed by atoms with E-state index in [2.05, 4.69) is 0 Å². The van der Waals surface area contributed by atoms with E-state index in [0.717, 1.165) is 0 Å². The van der Waals surface area contributed by atoms with Crippen molar-refractivity contribution in [1.82, 2.24) is 0 Å². The zero-order valence-corrected chi connectivity index (χ0v) is 18.4. The summed E-state index contributed by atoms with van der Waals surface area (Å²) < 4.78 is 300. The number of rotatable bonds is 9. The van der Waals surface area contributed by atoms with Crippen LogP contribution in [-0.2, 0) is 10.1 Å². The minimum absolute atomic E-state index is 0. The smallest absolute Gasteiger partial charge is 0.743 e. The standard InChI is InChI=1S/C10HF21O3S.Na/c11-1(12,3(15,16)5(19,20)7(23,24)9(27,28)29)2(13,14)4(17,18)6(21,22)8(25,26)10(30,31)35(32,33)34;/h(H,32,33,34);/q;+1/p-1/i10+1;. The van der Waals surface area contributed by atoms with Gasteiger partial charge in [0.05, 0.1) is 0 Å². The van der Waals surface area contributed by atoms with Crippen molar-refractivity contribution < 1.29 is 135 Å². The first-order valence-corrected chi connectivity index (χ1v) is 8.33. The van der Waals surface area contributed by atoms with E-state index in [-0.39, 0.29) is 29.6 Å². The zero-order chi connectivity index (χ0) is 29.5. The van der Waals surface area contributed by atoms with Crippen LogP contribution in [0.4, 0.5) is 92.2 Å². The molecule has 0 rings (SSSR count). The molecule has 0 aromatic carbocycles. The Morgan fingerprint density at radius 3 is 0.694 bits per heavy atom. The number of halogens is 21. The van der Waals surface area contributed by atoms with Crippen molar-refractivity contribution in [2.24, 2.45) is 0 Å². The molecule has 0 aromatic rings. The van der Waals surface area contributed by atoms with E-state index in [1.807, 2.05) is 0 Å². The van der Waals surface area contributed by atoms with Crippen LogP contribution in [0.15, 0.2) is 0 Å². The molecule has 0 atom stereocenters. The van der Waals surface area contributed by atoms with Gasteiger partial charge in [0, 0.05) is 0 Å². The van der Waals surface area contributed by atoms with Crippen molar-refractivity contribution in [3.63, 3.8) is 0 Å². The number of alkyl halides is 21. The normalized spacial score (nSPS) is 16.6. The van der Waals surface area contributed by atoms with Gasteiger partial charge in [0.1, 0.15) is 0 Å². The molecule has 212 valence electrons. The fraction of sp³-hybridized carbons (Fsp3) is 1.00. The quantitative estimate of drug-likeness (QED) is 0.172. The largest absolute Gasteiger partial charge is 1.00 e. The zero-order valence-electron chi connectivity index (χ0n) is 15.6. The second-order valence-corrected chi connectivity index (χ2v) is 7.48. The first kappa shape index (κ1) is 37.6. The Morgan fingerprint density at radius 1 is 0.361 bits per heavy atom. The van der Waals surface area contributed by atoms with Crippen LogP contribution in [-0.4, -0.2) is 71.8 Å². The van der Waals surface area contributed by atoms with Gasteiger partial charge in [0.15, 0.2) is 10.1 Å².